The van der Waals surface area contributed by atoms with Gasteiger partial charge in [0.25, 0.3) is 0 Å². The highest BCUT2D eigenvalue weighted by atomic mass is 16.5. The third-order valence-electron chi connectivity index (χ3n) is 4.59. The molecular weight excluding hydrogens is 208 g/mol. The van der Waals surface area contributed by atoms with Crippen LogP contribution in [0.3, 0.4) is 0 Å². The molecule has 17 heavy (non-hydrogen) atoms. The van der Waals surface area contributed by atoms with Crippen LogP contribution in [0.1, 0.15) is 51.3 Å². The molecule has 1 aliphatic rings. The van der Waals surface area contributed by atoms with Crippen molar-refractivity contribution in [3.8, 4) is 5.75 Å². The van der Waals surface area contributed by atoms with Gasteiger partial charge in [-0.25, -0.2) is 0 Å². The smallest absolute Gasteiger partial charge is 0.124 e. The van der Waals surface area contributed by atoms with Crippen molar-refractivity contribution in [1.29, 1.82) is 0 Å². The molecule has 0 N–H and O–H groups in total. The summed E-state index contributed by atoms with van der Waals surface area (Å²) in [5, 5.41) is 0. The third kappa shape index (κ3) is 1.76. The molecule has 1 aromatic carbocycles. The van der Waals surface area contributed by atoms with Crippen LogP contribution < -0.4 is 4.74 Å². The third-order valence-corrected chi connectivity index (χ3v) is 4.59. The van der Waals surface area contributed by atoms with Gasteiger partial charge in [-0.05, 0) is 50.3 Å². The molecule has 0 saturated carbocycles. The minimum absolute atomic E-state index is 0.100. The predicted molar refractivity (Wildman–Crippen MR) is 72.8 cm³/mol. The molecule has 1 unspecified atom stereocenters. The summed E-state index contributed by atoms with van der Waals surface area (Å²) in [6.45, 7) is 15.7. The Morgan fingerprint density at radius 2 is 1.65 bits per heavy atom. The Bertz CT molecular complexity index is 455. The van der Waals surface area contributed by atoms with Crippen LogP contribution in [-0.2, 0) is 5.41 Å². The summed E-state index contributed by atoms with van der Waals surface area (Å²) in [6.07, 6.45) is 0. The summed E-state index contributed by atoms with van der Waals surface area (Å²) in [4.78, 5) is 0. The molecule has 0 radical (unpaired) electrons. The van der Waals surface area contributed by atoms with Gasteiger partial charge in [0.1, 0.15) is 11.4 Å². The van der Waals surface area contributed by atoms with Crippen molar-refractivity contribution in [3.05, 3.63) is 28.8 Å². The number of aryl methyl sites for hydroxylation is 2. The van der Waals surface area contributed by atoms with Gasteiger partial charge in [-0.15, -0.1) is 0 Å². The maximum atomic E-state index is 6.23. The monoisotopic (exact) mass is 232 g/mol. The molecule has 94 valence electrons. The second-order valence-corrected chi connectivity index (χ2v) is 6.60. The van der Waals surface area contributed by atoms with Gasteiger partial charge in [0.15, 0.2) is 0 Å². The van der Waals surface area contributed by atoms with Crippen LogP contribution in [0, 0.1) is 19.8 Å². The van der Waals surface area contributed by atoms with E-state index >= 15 is 0 Å². The van der Waals surface area contributed by atoms with Crippen LogP contribution >= 0.6 is 0 Å². The van der Waals surface area contributed by atoms with Gasteiger partial charge >= 0.3 is 0 Å². The maximum absolute atomic E-state index is 6.23. The minimum Gasteiger partial charge on any atom is -0.487 e. The molecule has 1 aromatic rings. The maximum Gasteiger partial charge on any atom is 0.124 e. The molecule has 1 heterocycles. The molecule has 1 nitrogen and oxygen atoms in total. The van der Waals surface area contributed by atoms with Crippen LogP contribution in [0.25, 0.3) is 0 Å². The van der Waals surface area contributed by atoms with Gasteiger partial charge in [0.05, 0.1) is 0 Å². The van der Waals surface area contributed by atoms with Crippen molar-refractivity contribution in [3.63, 3.8) is 0 Å². The highest BCUT2D eigenvalue weighted by molar-refractivity contribution is 5.49. The number of rotatable bonds is 0. The Morgan fingerprint density at radius 1 is 1.06 bits per heavy atom. The fourth-order valence-corrected chi connectivity index (χ4v) is 3.29. The lowest BCUT2D eigenvalue weighted by atomic mass is 9.64. The summed E-state index contributed by atoms with van der Waals surface area (Å²) >= 11 is 0. The van der Waals surface area contributed by atoms with E-state index in [1.165, 1.54) is 16.7 Å². The molecule has 0 aromatic heterocycles. The zero-order chi connectivity index (χ0) is 13.0. The van der Waals surface area contributed by atoms with Crippen LogP contribution in [0.15, 0.2) is 12.1 Å². The average Bonchev–Trinajstić information content (AvgIpc) is 2.12. The Kier molecular flexibility index (Phi) is 2.57. The first kappa shape index (κ1) is 12.5. The van der Waals surface area contributed by atoms with Crippen molar-refractivity contribution in [2.75, 3.05) is 0 Å². The predicted octanol–water partition coefficient (Wildman–Crippen LogP) is 4.39. The normalized spacial score (nSPS) is 25.0. The lowest BCUT2D eigenvalue weighted by molar-refractivity contribution is -0.00489. The SMILES string of the molecule is Cc1cc(C)c2c(c1)OC(C)(C)C(C)C2(C)C. The van der Waals surface area contributed by atoms with Gasteiger partial charge in [-0.2, -0.15) is 0 Å². The van der Waals surface area contributed by atoms with E-state index in [1.807, 2.05) is 0 Å². The summed E-state index contributed by atoms with van der Waals surface area (Å²) in [7, 11) is 0. The van der Waals surface area contributed by atoms with E-state index in [4.69, 9.17) is 4.74 Å². The number of ether oxygens (including phenoxy) is 1. The summed E-state index contributed by atoms with van der Waals surface area (Å²) in [6, 6.07) is 4.44. The minimum atomic E-state index is -0.100. The van der Waals surface area contributed by atoms with Crippen LogP contribution in [0.2, 0.25) is 0 Å². The molecule has 0 saturated heterocycles. The van der Waals surface area contributed by atoms with Gasteiger partial charge in [0.2, 0.25) is 0 Å². The number of hydrogen-bond acceptors (Lipinski definition) is 1. The molecule has 0 spiro atoms. The molecule has 1 heteroatoms. The zero-order valence-corrected chi connectivity index (χ0v) is 12.1. The Labute approximate surface area is 105 Å². The lowest BCUT2D eigenvalue weighted by Crippen LogP contribution is -2.50. The Hall–Kier alpha value is -0.980. The van der Waals surface area contributed by atoms with Crippen LogP contribution in [0.4, 0.5) is 0 Å². The first-order valence-electron chi connectivity index (χ1n) is 6.47. The van der Waals surface area contributed by atoms with Crippen molar-refractivity contribution >= 4 is 0 Å². The molecule has 0 aliphatic carbocycles. The standard InChI is InChI=1S/C16H24O/c1-10-8-11(2)14-13(9-10)17-16(6,7)12(3)15(14,4)5/h8-9,12H,1-7H3. The van der Waals surface area contributed by atoms with E-state index in [1.54, 1.807) is 0 Å². The molecule has 0 fully saturated rings. The Balaban J connectivity index is 2.70. The molecule has 0 amide bonds. The molecular formula is C16H24O. The largest absolute Gasteiger partial charge is 0.487 e. The summed E-state index contributed by atoms with van der Waals surface area (Å²) in [5.41, 5.74) is 4.08. The fraction of sp³-hybridized carbons (Fsp3) is 0.625. The number of benzene rings is 1. The lowest BCUT2D eigenvalue weighted by Gasteiger charge is -2.49. The first-order valence-corrected chi connectivity index (χ1v) is 6.47. The van der Waals surface area contributed by atoms with E-state index in [0.29, 0.717) is 5.92 Å². The van der Waals surface area contributed by atoms with Gasteiger partial charge in [0, 0.05) is 11.5 Å². The molecule has 1 atom stereocenters. The first-order chi connectivity index (χ1) is 7.66. The summed E-state index contributed by atoms with van der Waals surface area (Å²) in [5.74, 6) is 1.57. The van der Waals surface area contributed by atoms with E-state index in [-0.39, 0.29) is 11.0 Å². The van der Waals surface area contributed by atoms with E-state index in [2.05, 4.69) is 60.6 Å². The highest BCUT2D eigenvalue weighted by Crippen LogP contribution is 2.49. The zero-order valence-electron chi connectivity index (χ0n) is 12.1. The Morgan fingerprint density at radius 3 is 2.24 bits per heavy atom. The molecule has 0 bridgehead atoms. The fourth-order valence-electron chi connectivity index (χ4n) is 3.29. The number of hydrogen-bond donors (Lipinski definition) is 0. The average molecular weight is 232 g/mol. The molecule has 2 rings (SSSR count). The highest BCUT2D eigenvalue weighted by Gasteiger charge is 2.46. The van der Waals surface area contributed by atoms with Gasteiger partial charge in [-0.1, -0.05) is 26.8 Å². The van der Waals surface area contributed by atoms with Crippen LogP contribution in [-0.4, -0.2) is 5.60 Å². The second-order valence-electron chi connectivity index (χ2n) is 6.60. The van der Waals surface area contributed by atoms with E-state index < -0.39 is 0 Å². The van der Waals surface area contributed by atoms with E-state index in [0.717, 1.165) is 5.75 Å². The number of fused-ring (bicyclic) bond motifs is 1. The van der Waals surface area contributed by atoms with Crippen LogP contribution in [0.5, 0.6) is 5.75 Å². The van der Waals surface area contributed by atoms with Crippen molar-refractivity contribution in [1.82, 2.24) is 0 Å². The topological polar surface area (TPSA) is 9.23 Å². The van der Waals surface area contributed by atoms with Crippen molar-refractivity contribution in [2.24, 2.45) is 5.92 Å². The molecule has 1 aliphatic heterocycles. The summed E-state index contributed by atoms with van der Waals surface area (Å²) < 4.78 is 6.23. The van der Waals surface area contributed by atoms with Gasteiger partial charge < -0.3 is 4.74 Å². The van der Waals surface area contributed by atoms with Crippen molar-refractivity contribution < 1.29 is 4.74 Å². The van der Waals surface area contributed by atoms with Crippen molar-refractivity contribution in [2.45, 2.75) is 59.5 Å². The van der Waals surface area contributed by atoms with E-state index in [9.17, 15) is 0 Å². The van der Waals surface area contributed by atoms with Gasteiger partial charge in [-0.3, -0.25) is 0 Å². The second kappa shape index (κ2) is 3.51. The quantitative estimate of drug-likeness (QED) is 0.644.